The molecule has 1 saturated heterocycles. The molecule has 3 nitrogen and oxygen atoms in total. The van der Waals surface area contributed by atoms with E-state index in [1.807, 2.05) is 16.7 Å². The fourth-order valence-corrected chi connectivity index (χ4v) is 2.40. The van der Waals surface area contributed by atoms with Crippen molar-refractivity contribution < 1.29 is 4.79 Å². The molecular formula is C12H24N2OS. The Balaban J connectivity index is 1.97. The predicted octanol–water partition coefficient (Wildman–Crippen LogP) is 1.73. The molecule has 0 aromatic rings. The van der Waals surface area contributed by atoms with Crippen LogP contribution in [0.5, 0.6) is 0 Å². The molecule has 4 heteroatoms. The van der Waals surface area contributed by atoms with Gasteiger partial charge in [-0.1, -0.05) is 0 Å². The molecule has 1 amide bonds. The molecule has 94 valence electrons. The summed E-state index contributed by atoms with van der Waals surface area (Å²) in [4.78, 5) is 13.8. The number of carbonyl (C=O) groups excluding carboxylic acids is 1. The van der Waals surface area contributed by atoms with E-state index in [4.69, 9.17) is 0 Å². The first-order valence-corrected chi connectivity index (χ1v) is 7.71. The lowest BCUT2D eigenvalue weighted by molar-refractivity contribution is -0.131. The smallest absolute Gasteiger partial charge is 0.223 e. The van der Waals surface area contributed by atoms with E-state index in [1.54, 1.807) is 0 Å². The zero-order valence-corrected chi connectivity index (χ0v) is 11.2. The van der Waals surface area contributed by atoms with Crippen LogP contribution in [0.2, 0.25) is 0 Å². The van der Waals surface area contributed by atoms with Crippen molar-refractivity contribution in [3.8, 4) is 0 Å². The molecule has 0 atom stereocenters. The number of carbonyl (C=O) groups is 1. The van der Waals surface area contributed by atoms with E-state index in [9.17, 15) is 4.79 Å². The number of rotatable bonds is 7. The Morgan fingerprint density at radius 1 is 1.25 bits per heavy atom. The SMILES string of the molecule is CSCCCNCCC(=O)N1CCCCC1. The number of hydrogen-bond donors (Lipinski definition) is 1. The van der Waals surface area contributed by atoms with Crippen molar-refractivity contribution in [3.63, 3.8) is 0 Å². The Morgan fingerprint density at radius 2 is 2.00 bits per heavy atom. The molecule has 1 fully saturated rings. The van der Waals surface area contributed by atoms with Crippen LogP contribution >= 0.6 is 11.8 Å². The summed E-state index contributed by atoms with van der Waals surface area (Å²) in [5.74, 6) is 1.53. The van der Waals surface area contributed by atoms with Crippen molar-refractivity contribution in [1.82, 2.24) is 10.2 Å². The summed E-state index contributed by atoms with van der Waals surface area (Å²) >= 11 is 1.87. The van der Waals surface area contributed by atoms with Gasteiger partial charge in [-0.3, -0.25) is 4.79 Å². The van der Waals surface area contributed by atoms with Gasteiger partial charge in [0.15, 0.2) is 0 Å². The van der Waals surface area contributed by atoms with Crippen LogP contribution in [-0.4, -0.2) is 49.0 Å². The maximum Gasteiger partial charge on any atom is 0.223 e. The summed E-state index contributed by atoms with van der Waals surface area (Å²) in [7, 11) is 0. The van der Waals surface area contributed by atoms with Crippen molar-refractivity contribution in [1.29, 1.82) is 0 Å². The number of amides is 1. The molecule has 1 heterocycles. The van der Waals surface area contributed by atoms with Gasteiger partial charge in [-0.2, -0.15) is 11.8 Å². The Bertz CT molecular complexity index is 193. The average Bonchev–Trinajstić information content (AvgIpc) is 2.34. The van der Waals surface area contributed by atoms with E-state index in [-0.39, 0.29) is 0 Å². The second-order valence-electron chi connectivity index (χ2n) is 4.29. The highest BCUT2D eigenvalue weighted by Gasteiger charge is 2.15. The first-order valence-electron chi connectivity index (χ1n) is 6.32. The summed E-state index contributed by atoms with van der Waals surface area (Å²) < 4.78 is 0. The summed E-state index contributed by atoms with van der Waals surface area (Å²) in [6.07, 6.45) is 7.65. The molecule has 0 bridgehead atoms. The highest BCUT2D eigenvalue weighted by Crippen LogP contribution is 2.09. The Morgan fingerprint density at radius 3 is 2.69 bits per heavy atom. The summed E-state index contributed by atoms with van der Waals surface area (Å²) in [5.41, 5.74) is 0. The van der Waals surface area contributed by atoms with E-state index in [0.29, 0.717) is 12.3 Å². The molecular weight excluding hydrogens is 220 g/mol. The average molecular weight is 244 g/mol. The summed E-state index contributed by atoms with van der Waals surface area (Å²) in [5, 5.41) is 3.33. The van der Waals surface area contributed by atoms with E-state index in [1.165, 1.54) is 31.4 Å². The predicted molar refractivity (Wildman–Crippen MR) is 70.9 cm³/mol. The number of likely N-dealkylation sites (tertiary alicyclic amines) is 1. The van der Waals surface area contributed by atoms with Crippen LogP contribution in [0.4, 0.5) is 0 Å². The Kier molecular flexibility index (Phi) is 7.68. The van der Waals surface area contributed by atoms with Crippen molar-refractivity contribution in [3.05, 3.63) is 0 Å². The van der Waals surface area contributed by atoms with Crippen molar-refractivity contribution in [2.24, 2.45) is 0 Å². The van der Waals surface area contributed by atoms with Gasteiger partial charge in [-0.25, -0.2) is 0 Å². The first-order chi connectivity index (χ1) is 7.84. The van der Waals surface area contributed by atoms with Crippen LogP contribution in [0, 0.1) is 0 Å². The number of nitrogens with zero attached hydrogens (tertiary/aromatic N) is 1. The topological polar surface area (TPSA) is 32.3 Å². The highest BCUT2D eigenvalue weighted by molar-refractivity contribution is 7.98. The van der Waals surface area contributed by atoms with Gasteiger partial charge in [0.1, 0.15) is 0 Å². The zero-order valence-electron chi connectivity index (χ0n) is 10.3. The number of hydrogen-bond acceptors (Lipinski definition) is 3. The molecule has 16 heavy (non-hydrogen) atoms. The van der Waals surface area contributed by atoms with E-state index < -0.39 is 0 Å². The minimum atomic E-state index is 0.331. The Hall–Kier alpha value is -0.220. The summed E-state index contributed by atoms with van der Waals surface area (Å²) in [6, 6.07) is 0. The number of piperidine rings is 1. The van der Waals surface area contributed by atoms with Crippen LogP contribution < -0.4 is 5.32 Å². The molecule has 0 spiro atoms. The minimum Gasteiger partial charge on any atom is -0.343 e. The molecule has 0 aromatic carbocycles. The van der Waals surface area contributed by atoms with Gasteiger partial charge in [0, 0.05) is 26.1 Å². The van der Waals surface area contributed by atoms with Gasteiger partial charge >= 0.3 is 0 Å². The molecule has 0 radical (unpaired) electrons. The monoisotopic (exact) mass is 244 g/mol. The quantitative estimate of drug-likeness (QED) is 0.692. The van der Waals surface area contributed by atoms with Crippen LogP contribution in [0.1, 0.15) is 32.1 Å². The van der Waals surface area contributed by atoms with Crippen LogP contribution in [0.15, 0.2) is 0 Å². The third-order valence-corrected chi connectivity index (χ3v) is 3.62. The second-order valence-corrected chi connectivity index (χ2v) is 5.27. The first kappa shape index (κ1) is 13.8. The molecule has 0 unspecified atom stereocenters. The van der Waals surface area contributed by atoms with Gasteiger partial charge < -0.3 is 10.2 Å². The fourth-order valence-electron chi connectivity index (χ4n) is 1.96. The van der Waals surface area contributed by atoms with Crippen molar-refractivity contribution >= 4 is 17.7 Å². The van der Waals surface area contributed by atoms with Gasteiger partial charge in [-0.15, -0.1) is 0 Å². The standard InChI is InChI=1S/C12H24N2OS/c1-16-11-5-7-13-8-6-12(15)14-9-3-2-4-10-14/h13H,2-11H2,1H3. The molecule has 1 N–H and O–H groups in total. The molecule has 1 aliphatic heterocycles. The maximum atomic E-state index is 11.8. The van der Waals surface area contributed by atoms with Crippen LogP contribution in [0.3, 0.4) is 0 Å². The fraction of sp³-hybridized carbons (Fsp3) is 0.917. The number of nitrogens with one attached hydrogen (secondary N) is 1. The lowest BCUT2D eigenvalue weighted by Crippen LogP contribution is -2.37. The molecule has 0 aliphatic carbocycles. The van der Waals surface area contributed by atoms with Gasteiger partial charge in [0.05, 0.1) is 0 Å². The normalized spacial score (nSPS) is 16.4. The molecule has 0 saturated carbocycles. The zero-order chi connectivity index (χ0) is 11.6. The lowest BCUT2D eigenvalue weighted by Gasteiger charge is -2.26. The van der Waals surface area contributed by atoms with Crippen LogP contribution in [0.25, 0.3) is 0 Å². The maximum absolute atomic E-state index is 11.8. The van der Waals surface area contributed by atoms with E-state index in [0.717, 1.165) is 26.2 Å². The van der Waals surface area contributed by atoms with Gasteiger partial charge in [-0.05, 0) is 44.2 Å². The number of thioether (sulfide) groups is 1. The third-order valence-electron chi connectivity index (χ3n) is 2.93. The highest BCUT2D eigenvalue weighted by atomic mass is 32.2. The third kappa shape index (κ3) is 5.75. The largest absolute Gasteiger partial charge is 0.343 e. The van der Waals surface area contributed by atoms with Crippen LogP contribution in [-0.2, 0) is 4.79 Å². The molecule has 1 aliphatic rings. The molecule has 1 rings (SSSR count). The van der Waals surface area contributed by atoms with Crippen molar-refractivity contribution in [2.45, 2.75) is 32.1 Å². The van der Waals surface area contributed by atoms with Gasteiger partial charge in [0.2, 0.25) is 5.91 Å². The minimum absolute atomic E-state index is 0.331. The van der Waals surface area contributed by atoms with E-state index >= 15 is 0 Å². The van der Waals surface area contributed by atoms with Crippen molar-refractivity contribution in [2.75, 3.05) is 38.2 Å². The lowest BCUT2D eigenvalue weighted by atomic mass is 10.1. The molecule has 0 aromatic heterocycles. The summed E-state index contributed by atoms with van der Waals surface area (Å²) in [6.45, 7) is 3.83. The Labute approximate surface area is 103 Å². The van der Waals surface area contributed by atoms with E-state index in [2.05, 4.69) is 11.6 Å². The van der Waals surface area contributed by atoms with Gasteiger partial charge in [0.25, 0.3) is 0 Å². The second kappa shape index (κ2) is 8.88.